The molecule has 218 valence electrons. The van der Waals surface area contributed by atoms with Crippen LogP contribution in [0.3, 0.4) is 0 Å². The summed E-state index contributed by atoms with van der Waals surface area (Å²) in [7, 11) is 0. The number of nitrogens with zero attached hydrogens (tertiary/aromatic N) is 2. The van der Waals surface area contributed by atoms with E-state index in [1.807, 2.05) is 119 Å². The highest BCUT2D eigenvalue weighted by molar-refractivity contribution is 8.00. The maximum atomic E-state index is 14.1. The van der Waals surface area contributed by atoms with Gasteiger partial charge in [-0.25, -0.2) is 9.59 Å². The van der Waals surface area contributed by atoms with Crippen molar-refractivity contribution < 1.29 is 23.9 Å². The number of Topliss-reactive ketones (excluding diaryl/α,β-unsaturated/α-hetero) is 1. The Kier molecular flexibility index (Phi) is 12.8. The van der Waals surface area contributed by atoms with Gasteiger partial charge in [-0.15, -0.1) is 0 Å². The van der Waals surface area contributed by atoms with Gasteiger partial charge in [-0.1, -0.05) is 118 Å². The first-order valence-corrected chi connectivity index (χ1v) is 14.8. The molecule has 0 aliphatic rings. The minimum atomic E-state index is -0.951. The molecule has 3 rings (SSSR count). The molecular formula is C33H40N2O5S. The molecule has 0 radical (unpaired) electrons. The lowest BCUT2D eigenvalue weighted by Gasteiger charge is -2.32. The molecule has 0 heterocycles. The highest BCUT2D eigenvalue weighted by Gasteiger charge is 2.34. The highest BCUT2D eigenvalue weighted by atomic mass is 32.2. The first kappa shape index (κ1) is 31.7. The number of carbonyl (C=O) groups excluding carboxylic acids is 3. The van der Waals surface area contributed by atoms with Crippen molar-refractivity contribution in [2.24, 2.45) is 11.8 Å². The summed E-state index contributed by atoms with van der Waals surface area (Å²) in [6.07, 6.45) is -1.15. The SMILES string of the molecule is CC(C)COC(=O)N(CC(=O)C(Sc1ccccc1)N(Cc1ccccc1)C(=O)OCC(C)C)Cc1ccccc1. The highest BCUT2D eigenvalue weighted by Crippen LogP contribution is 2.29. The fourth-order valence-corrected chi connectivity index (χ4v) is 4.93. The molecule has 41 heavy (non-hydrogen) atoms. The molecule has 0 N–H and O–H groups in total. The molecule has 2 amide bonds. The predicted octanol–water partition coefficient (Wildman–Crippen LogP) is 7.26. The smallest absolute Gasteiger partial charge is 0.411 e. The van der Waals surface area contributed by atoms with Gasteiger partial charge >= 0.3 is 12.2 Å². The van der Waals surface area contributed by atoms with E-state index >= 15 is 0 Å². The number of rotatable bonds is 14. The first-order valence-electron chi connectivity index (χ1n) is 13.9. The fraction of sp³-hybridized carbons (Fsp3) is 0.364. The summed E-state index contributed by atoms with van der Waals surface area (Å²) in [5.41, 5.74) is 1.73. The Labute approximate surface area is 247 Å². The average molecular weight is 577 g/mol. The Morgan fingerprint density at radius 1 is 0.659 bits per heavy atom. The Morgan fingerprint density at radius 3 is 1.63 bits per heavy atom. The van der Waals surface area contributed by atoms with E-state index in [9.17, 15) is 14.4 Å². The fourth-order valence-electron chi connectivity index (χ4n) is 3.86. The van der Waals surface area contributed by atoms with Crippen LogP contribution in [-0.4, -0.2) is 52.9 Å². The van der Waals surface area contributed by atoms with Crippen molar-refractivity contribution in [2.75, 3.05) is 19.8 Å². The van der Waals surface area contributed by atoms with Crippen molar-refractivity contribution in [2.45, 2.75) is 51.1 Å². The van der Waals surface area contributed by atoms with Gasteiger partial charge in [0.05, 0.1) is 26.3 Å². The monoisotopic (exact) mass is 576 g/mol. The van der Waals surface area contributed by atoms with Crippen LogP contribution in [0.25, 0.3) is 0 Å². The van der Waals surface area contributed by atoms with E-state index in [1.165, 1.54) is 21.6 Å². The van der Waals surface area contributed by atoms with Gasteiger partial charge in [0.2, 0.25) is 0 Å². The predicted molar refractivity (Wildman–Crippen MR) is 162 cm³/mol. The van der Waals surface area contributed by atoms with Crippen LogP contribution in [0.5, 0.6) is 0 Å². The third kappa shape index (κ3) is 11.0. The molecule has 0 saturated carbocycles. The number of carbonyl (C=O) groups is 3. The molecule has 0 spiro atoms. The minimum Gasteiger partial charge on any atom is -0.449 e. The second-order valence-electron chi connectivity index (χ2n) is 10.6. The maximum absolute atomic E-state index is 14.1. The Bertz CT molecular complexity index is 1220. The van der Waals surface area contributed by atoms with Crippen LogP contribution in [-0.2, 0) is 27.4 Å². The van der Waals surface area contributed by atoms with E-state index < -0.39 is 17.6 Å². The molecule has 0 aliphatic carbocycles. The molecule has 0 aromatic heterocycles. The zero-order valence-corrected chi connectivity index (χ0v) is 25.1. The van der Waals surface area contributed by atoms with Crippen LogP contribution in [0.15, 0.2) is 95.9 Å². The van der Waals surface area contributed by atoms with Crippen LogP contribution < -0.4 is 0 Å². The molecule has 8 heteroatoms. The lowest BCUT2D eigenvalue weighted by Crippen LogP contribution is -2.47. The first-order chi connectivity index (χ1) is 19.7. The molecule has 3 aromatic carbocycles. The summed E-state index contributed by atoms with van der Waals surface area (Å²) in [6, 6.07) is 28.4. The minimum absolute atomic E-state index is 0.130. The molecular weight excluding hydrogens is 536 g/mol. The number of ketones is 1. The van der Waals surface area contributed by atoms with Gasteiger partial charge < -0.3 is 9.47 Å². The quantitative estimate of drug-likeness (QED) is 0.148. The van der Waals surface area contributed by atoms with Gasteiger partial charge in [0.25, 0.3) is 0 Å². The van der Waals surface area contributed by atoms with Crippen molar-refractivity contribution >= 4 is 29.7 Å². The third-order valence-corrected chi connectivity index (χ3v) is 7.17. The summed E-state index contributed by atoms with van der Waals surface area (Å²) in [4.78, 5) is 44.5. The standard InChI is InChI=1S/C33H40N2O5S/c1-25(2)23-39-32(37)34(20-27-14-8-5-9-15-27)22-30(36)31(41-29-18-12-7-13-19-29)35(33(38)40-24-26(3)4)21-28-16-10-6-11-17-28/h5-19,25-26,31H,20-24H2,1-4H3. The lowest BCUT2D eigenvalue weighted by molar-refractivity contribution is -0.122. The average Bonchev–Trinajstić information content (AvgIpc) is 2.97. The van der Waals surface area contributed by atoms with Crippen molar-refractivity contribution in [1.29, 1.82) is 0 Å². The number of benzene rings is 3. The van der Waals surface area contributed by atoms with Gasteiger partial charge in [0.15, 0.2) is 5.78 Å². The molecule has 0 bridgehead atoms. The number of ether oxygens (including phenoxy) is 2. The number of hydrogen-bond donors (Lipinski definition) is 0. The van der Waals surface area contributed by atoms with Crippen LogP contribution in [0.1, 0.15) is 38.8 Å². The second kappa shape index (κ2) is 16.5. The van der Waals surface area contributed by atoms with Crippen LogP contribution >= 0.6 is 11.8 Å². The summed E-state index contributed by atoms with van der Waals surface area (Å²) in [6.45, 7) is 8.42. The summed E-state index contributed by atoms with van der Waals surface area (Å²) < 4.78 is 11.2. The second-order valence-corrected chi connectivity index (χ2v) is 11.8. The zero-order chi connectivity index (χ0) is 29.6. The molecule has 0 aliphatic heterocycles. The van der Waals surface area contributed by atoms with Crippen molar-refractivity contribution in [1.82, 2.24) is 9.80 Å². The molecule has 0 saturated heterocycles. The molecule has 7 nitrogen and oxygen atoms in total. The molecule has 1 unspecified atom stereocenters. The lowest BCUT2D eigenvalue weighted by atomic mass is 10.2. The van der Waals surface area contributed by atoms with E-state index in [2.05, 4.69) is 0 Å². The Hall–Kier alpha value is -3.78. The topological polar surface area (TPSA) is 76.2 Å². The van der Waals surface area contributed by atoms with Crippen LogP contribution in [0.4, 0.5) is 9.59 Å². The van der Waals surface area contributed by atoms with E-state index in [1.54, 1.807) is 0 Å². The number of amides is 2. The number of thioether (sulfide) groups is 1. The van der Waals surface area contributed by atoms with Crippen LogP contribution in [0.2, 0.25) is 0 Å². The van der Waals surface area contributed by atoms with Crippen LogP contribution in [0, 0.1) is 11.8 Å². The summed E-state index contributed by atoms with van der Waals surface area (Å²) >= 11 is 1.26. The van der Waals surface area contributed by atoms with Gasteiger partial charge in [-0.3, -0.25) is 14.6 Å². The zero-order valence-electron chi connectivity index (χ0n) is 24.3. The van der Waals surface area contributed by atoms with Gasteiger partial charge in [0.1, 0.15) is 5.37 Å². The van der Waals surface area contributed by atoms with E-state index in [-0.39, 0.29) is 50.5 Å². The largest absolute Gasteiger partial charge is 0.449 e. The van der Waals surface area contributed by atoms with Gasteiger partial charge in [0, 0.05) is 11.4 Å². The van der Waals surface area contributed by atoms with E-state index in [4.69, 9.17) is 9.47 Å². The van der Waals surface area contributed by atoms with Crippen molar-refractivity contribution in [3.05, 3.63) is 102 Å². The van der Waals surface area contributed by atoms with Gasteiger partial charge in [-0.2, -0.15) is 0 Å². The molecule has 3 aromatic rings. The van der Waals surface area contributed by atoms with E-state index in [0.717, 1.165) is 16.0 Å². The summed E-state index contributed by atoms with van der Waals surface area (Å²) in [5, 5.41) is -0.951. The normalized spacial score (nSPS) is 11.7. The molecule has 0 fully saturated rings. The number of hydrogen-bond acceptors (Lipinski definition) is 6. The van der Waals surface area contributed by atoms with E-state index in [0.29, 0.717) is 0 Å². The Balaban J connectivity index is 1.95. The van der Waals surface area contributed by atoms with Crippen molar-refractivity contribution in [3.8, 4) is 0 Å². The summed E-state index contributed by atoms with van der Waals surface area (Å²) in [5.74, 6) is -0.0362. The maximum Gasteiger partial charge on any atom is 0.411 e. The van der Waals surface area contributed by atoms with Crippen molar-refractivity contribution in [3.63, 3.8) is 0 Å². The molecule has 1 atom stereocenters. The van der Waals surface area contributed by atoms with Gasteiger partial charge in [-0.05, 0) is 35.1 Å². The third-order valence-electron chi connectivity index (χ3n) is 5.88. The Morgan fingerprint density at radius 2 is 1.12 bits per heavy atom.